The predicted octanol–water partition coefficient (Wildman–Crippen LogP) is 4.45. The van der Waals surface area contributed by atoms with Gasteiger partial charge in [-0.05, 0) is 19.4 Å². The fourth-order valence-corrected chi connectivity index (χ4v) is 2.99. The molecule has 0 unspecified atom stereocenters. The quantitative estimate of drug-likeness (QED) is 0.462. The van der Waals surface area contributed by atoms with E-state index in [1.807, 2.05) is 13.8 Å². The Balaban J connectivity index is 2.42. The van der Waals surface area contributed by atoms with Crippen molar-refractivity contribution in [1.29, 1.82) is 0 Å². The third-order valence-electron chi connectivity index (χ3n) is 2.83. The number of nitrogens with zero attached hydrogens (tertiary/aromatic N) is 3. The van der Waals surface area contributed by atoms with Gasteiger partial charge in [-0.25, -0.2) is 9.97 Å². The molecule has 5 nitrogen and oxygen atoms in total. The summed E-state index contributed by atoms with van der Waals surface area (Å²) in [7, 11) is 0. The molecule has 0 saturated heterocycles. The summed E-state index contributed by atoms with van der Waals surface area (Å²) in [6.45, 7) is 3.85. The summed E-state index contributed by atoms with van der Waals surface area (Å²) in [6.07, 6.45) is 1.64. The van der Waals surface area contributed by atoms with Crippen LogP contribution in [0.3, 0.4) is 0 Å². The Morgan fingerprint density at radius 1 is 1.33 bits per heavy atom. The minimum absolute atomic E-state index is 0.0636. The Labute approximate surface area is 131 Å². The molecule has 0 N–H and O–H groups in total. The van der Waals surface area contributed by atoms with Crippen LogP contribution in [0.15, 0.2) is 34.2 Å². The lowest BCUT2D eigenvalue weighted by Crippen LogP contribution is -2.00. The van der Waals surface area contributed by atoms with E-state index in [0.717, 1.165) is 18.4 Å². The van der Waals surface area contributed by atoms with Crippen LogP contribution in [0, 0.1) is 17.0 Å². The van der Waals surface area contributed by atoms with Gasteiger partial charge < -0.3 is 0 Å². The molecule has 21 heavy (non-hydrogen) atoms. The van der Waals surface area contributed by atoms with Gasteiger partial charge in [-0.3, -0.25) is 10.1 Å². The number of nitro benzene ring substituents is 1. The average molecular weight is 324 g/mol. The lowest BCUT2D eigenvalue weighted by Gasteiger charge is -2.08. The van der Waals surface area contributed by atoms with E-state index in [4.69, 9.17) is 11.6 Å². The maximum atomic E-state index is 11.1. The minimum atomic E-state index is -0.395. The normalized spacial score (nSPS) is 10.6. The first kappa shape index (κ1) is 15.7. The zero-order valence-electron chi connectivity index (χ0n) is 11.7. The SMILES string of the molecule is CCCc1nc(Cl)c(C)c(Sc2ccccc2[N+](=O)[O-])n1. The van der Waals surface area contributed by atoms with Crippen LogP contribution in [0.25, 0.3) is 0 Å². The molecule has 0 radical (unpaired) electrons. The highest BCUT2D eigenvalue weighted by molar-refractivity contribution is 7.99. The van der Waals surface area contributed by atoms with Gasteiger partial charge in [0.05, 0.1) is 9.82 Å². The molecule has 0 atom stereocenters. The highest BCUT2D eigenvalue weighted by Crippen LogP contribution is 2.36. The molecule has 1 heterocycles. The van der Waals surface area contributed by atoms with E-state index >= 15 is 0 Å². The Hall–Kier alpha value is -1.66. The van der Waals surface area contributed by atoms with Crippen LogP contribution in [0.4, 0.5) is 5.69 Å². The average Bonchev–Trinajstić information content (AvgIpc) is 2.45. The Bertz CT molecular complexity index is 679. The Kier molecular flexibility index (Phi) is 5.14. The molecule has 0 saturated carbocycles. The van der Waals surface area contributed by atoms with Crippen LogP contribution in [-0.4, -0.2) is 14.9 Å². The second-order valence-corrected chi connectivity index (χ2v) is 5.83. The summed E-state index contributed by atoms with van der Waals surface area (Å²) in [6, 6.07) is 6.59. The monoisotopic (exact) mass is 323 g/mol. The van der Waals surface area contributed by atoms with Crippen molar-refractivity contribution in [2.75, 3.05) is 0 Å². The van der Waals surface area contributed by atoms with Crippen molar-refractivity contribution in [2.24, 2.45) is 0 Å². The molecule has 0 aliphatic carbocycles. The predicted molar refractivity (Wildman–Crippen MR) is 83.0 cm³/mol. The van der Waals surface area contributed by atoms with E-state index in [2.05, 4.69) is 9.97 Å². The van der Waals surface area contributed by atoms with Gasteiger partial charge in [-0.2, -0.15) is 0 Å². The van der Waals surface area contributed by atoms with E-state index in [1.54, 1.807) is 18.2 Å². The summed E-state index contributed by atoms with van der Waals surface area (Å²) in [4.78, 5) is 19.9. The van der Waals surface area contributed by atoms with Gasteiger partial charge in [0, 0.05) is 18.1 Å². The summed E-state index contributed by atoms with van der Waals surface area (Å²) in [5.41, 5.74) is 0.799. The molecule has 0 aliphatic heterocycles. The van der Waals surface area contributed by atoms with Gasteiger partial charge in [-0.1, -0.05) is 42.4 Å². The number of hydrogen-bond donors (Lipinski definition) is 0. The maximum absolute atomic E-state index is 11.1. The van der Waals surface area contributed by atoms with Crippen molar-refractivity contribution < 1.29 is 4.92 Å². The highest BCUT2D eigenvalue weighted by atomic mass is 35.5. The standard InChI is InChI=1S/C14H14ClN3O2S/c1-3-6-12-16-13(15)9(2)14(17-12)21-11-8-5-4-7-10(11)18(19)20/h4-5,7-8H,3,6H2,1-2H3. The summed E-state index contributed by atoms with van der Waals surface area (Å²) in [5.74, 6) is 0.661. The number of benzene rings is 1. The third-order valence-corrected chi connectivity index (χ3v) is 4.35. The number of rotatable bonds is 5. The van der Waals surface area contributed by atoms with E-state index in [9.17, 15) is 10.1 Å². The van der Waals surface area contributed by atoms with Crippen molar-refractivity contribution in [3.05, 3.63) is 50.9 Å². The number of halogens is 1. The Morgan fingerprint density at radius 3 is 2.71 bits per heavy atom. The largest absolute Gasteiger partial charge is 0.283 e. The molecule has 0 amide bonds. The molecule has 0 bridgehead atoms. The Morgan fingerprint density at radius 2 is 2.05 bits per heavy atom. The van der Waals surface area contributed by atoms with Crippen LogP contribution in [-0.2, 0) is 6.42 Å². The molecular formula is C14H14ClN3O2S. The number of aromatic nitrogens is 2. The number of nitro groups is 1. The van der Waals surface area contributed by atoms with Gasteiger partial charge in [0.15, 0.2) is 0 Å². The third kappa shape index (κ3) is 3.71. The summed E-state index contributed by atoms with van der Waals surface area (Å²) < 4.78 is 0. The number of hydrogen-bond acceptors (Lipinski definition) is 5. The summed E-state index contributed by atoms with van der Waals surface area (Å²) in [5, 5.41) is 12.1. The van der Waals surface area contributed by atoms with Crippen molar-refractivity contribution >= 4 is 29.1 Å². The smallest absolute Gasteiger partial charge is 0.258 e. The van der Waals surface area contributed by atoms with Crippen LogP contribution in [0.1, 0.15) is 24.7 Å². The highest BCUT2D eigenvalue weighted by Gasteiger charge is 2.17. The minimum Gasteiger partial charge on any atom is -0.258 e. The van der Waals surface area contributed by atoms with Gasteiger partial charge in [0.1, 0.15) is 16.0 Å². The van der Waals surface area contributed by atoms with Gasteiger partial charge in [-0.15, -0.1) is 0 Å². The molecule has 2 aromatic rings. The zero-order chi connectivity index (χ0) is 15.4. The molecule has 110 valence electrons. The lowest BCUT2D eigenvalue weighted by molar-refractivity contribution is -0.387. The molecule has 2 rings (SSSR count). The van der Waals surface area contributed by atoms with Crippen molar-refractivity contribution in [2.45, 2.75) is 36.6 Å². The first-order chi connectivity index (χ1) is 10.0. The molecular weight excluding hydrogens is 310 g/mol. The first-order valence-electron chi connectivity index (χ1n) is 6.47. The lowest BCUT2D eigenvalue weighted by atomic mass is 10.3. The van der Waals surface area contributed by atoms with Crippen LogP contribution in [0.5, 0.6) is 0 Å². The van der Waals surface area contributed by atoms with E-state index in [1.165, 1.54) is 17.8 Å². The van der Waals surface area contributed by atoms with Crippen LogP contribution < -0.4 is 0 Å². The zero-order valence-corrected chi connectivity index (χ0v) is 13.2. The maximum Gasteiger partial charge on any atom is 0.283 e. The fraction of sp³-hybridized carbons (Fsp3) is 0.286. The van der Waals surface area contributed by atoms with Gasteiger partial charge >= 0.3 is 0 Å². The van der Waals surface area contributed by atoms with Crippen LogP contribution >= 0.6 is 23.4 Å². The molecule has 1 aromatic carbocycles. The fourth-order valence-electron chi connectivity index (χ4n) is 1.74. The van der Waals surface area contributed by atoms with E-state index < -0.39 is 4.92 Å². The van der Waals surface area contributed by atoms with Crippen molar-refractivity contribution in [3.8, 4) is 0 Å². The molecule has 0 aliphatic rings. The molecule has 7 heteroatoms. The molecule has 0 fully saturated rings. The van der Waals surface area contributed by atoms with Crippen molar-refractivity contribution in [3.63, 3.8) is 0 Å². The first-order valence-corrected chi connectivity index (χ1v) is 7.66. The number of para-hydroxylation sites is 1. The topological polar surface area (TPSA) is 68.9 Å². The molecule has 1 aromatic heterocycles. The second-order valence-electron chi connectivity index (χ2n) is 4.44. The van der Waals surface area contributed by atoms with Gasteiger partial charge in [0.25, 0.3) is 5.69 Å². The summed E-state index contributed by atoms with van der Waals surface area (Å²) >= 11 is 7.37. The molecule has 0 spiro atoms. The second kappa shape index (κ2) is 6.87. The van der Waals surface area contributed by atoms with Crippen LogP contribution in [0.2, 0.25) is 5.15 Å². The number of aryl methyl sites for hydroxylation is 1. The van der Waals surface area contributed by atoms with E-state index in [0.29, 0.717) is 20.9 Å². The van der Waals surface area contributed by atoms with Crippen molar-refractivity contribution in [1.82, 2.24) is 9.97 Å². The van der Waals surface area contributed by atoms with Gasteiger partial charge in [0.2, 0.25) is 0 Å². The van der Waals surface area contributed by atoms with E-state index in [-0.39, 0.29) is 5.69 Å².